The Labute approximate surface area is 162 Å². The van der Waals surface area contributed by atoms with Gasteiger partial charge < -0.3 is 19.4 Å². The first-order valence-electron chi connectivity index (χ1n) is 10.5. The molecular weight excluding hydrogens is 340 g/mol. The third-order valence-electron chi connectivity index (χ3n) is 6.46. The first-order chi connectivity index (χ1) is 13.2. The Kier molecular flexibility index (Phi) is 5.93. The van der Waals surface area contributed by atoms with Gasteiger partial charge in [0, 0.05) is 57.5 Å². The number of anilines is 1. The van der Waals surface area contributed by atoms with Crippen LogP contribution in [0.25, 0.3) is 0 Å². The number of hydrogen-bond acceptors (Lipinski definition) is 5. The van der Waals surface area contributed by atoms with Crippen LogP contribution in [0.2, 0.25) is 0 Å². The molecule has 0 spiro atoms. The first kappa shape index (κ1) is 18.7. The summed E-state index contributed by atoms with van der Waals surface area (Å²) in [5.74, 6) is 1.65. The second-order valence-corrected chi connectivity index (χ2v) is 8.11. The molecular formula is C21H32N4O2. The van der Waals surface area contributed by atoms with E-state index < -0.39 is 0 Å². The molecule has 3 aliphatic heterocycles. The van der Waals surface area contributed by atoms with E-state index in [1.807, 2.05) is 12.3 Å². The standard InChI is InChI=1S/C21H32N4O2/c1-17-3-2-8-22-20(17)24-11-13-25(14-12-24)21(26)18-4-9-23(10-5-18)19-6-15-27-16-7-19/h2-3,8,18-19H,4-7,9-16H2,1H3. The number of amides is 1. The van der Waals surface area contributed by atoms with E-state index in [-0.39, 0.29) is 5.92 Å². The molecule has 0 radical (unpaired) electrons. The van der Waals surface area contributed by atoms with E-state index in [9.17, 15) is 4.79 Å². The largest absolute Gasteiger partial charge is 0.381 e. The van der Waals surface area contributed by atoms with Crippen molar-refractivity contribution in [3.63, 3.8) is 0 Å². The zero-order valence-electron chi connectivity index (χ0n) is 16.5. The number of hydrogen-bond donors (Lipinski definition) is 0. The van der Waals surface area contributed by atoms with Gasteiger partial charge in [-0.15, -0.1) is 0 Å². The van der Waals surface area contributed by atoms with Crippen LogP contribution < -0.4 is 4.90 Å². The number of pyridine rings is 1. The van der Waals surface area contributed by atoms with Gasteiger partial charge in [-0.2, -0.15) is 0 Å². The number of carbonyl (C=O) groups is 1. The summed E-state index contributed by atoms with van der Waals surface area (Å²) in [4.78, 5) is 24.5. The number of carbonyl (C=O) groups excluding carboxylic acids is 1. The molecule has 4 rings (SSSR count). The molecule has 0 N–H and O–H groups in total. The molecule has 27 heavy (non-hydrogen) atoms. The summed E-state index contributed by atoms with van der Waals surface area (Å²) < 4.78 is 5.48. The molecule has 0 unspecified atom stereocenters. The Morgan fingerprint density at radius 2 is 1.74 bits per heavy atom. The summed E-state index contributed by atoms with van der Waals surface area (Å²) >= 11 is 0. The maximum atomic E-state index is 13.0. The van der Waals surface area contributed by atoms with E-state index in [1.165, 1.54) is 5.56 Å². The summed E-state index contributed by atoms with van der Waals surface area (Å²) in [6.07, 6.45) is 6.17. The van der Waals surface area contributed by atoms with Gasteiger partial charge in [-0.1, -0.05) is 6.07 Å². The lowest BCUT2D eigenvalue weighted by atomic mass is 9.92. The molecule has 0 bridgehead atoms. The zero-order valence-corrected chi connectivity index (χ0v) is 16.5. The molecule has 1 aromatic heterocycles. The third-order valence-corrected chi connectivity index (χ3v) is 6.46. The van der Waals surface area contributed by atoms with Crippen LogP contribution in [0.3, 0.4) is 0 Å². The van der Waals surface area contributed by atoms with E-state index in [0.717, 1.165) is 84.0 Å². The minimum atomic E-state index is 0.212. The van der Waals surface area contributed by atoms with Gasteiger partial charge in [-0.05, 0) is 57.3 Å². The van der Waals surface area contributed by atoms with E-state index in [2.05, 4.69) is 32.7 Å². The summed E-state index contributed by atoms with van der Waals surface area (Å²) in [6.45, 7) is 9.40. The van der Waals surface area contributed by atoms with Gasteiger partial charge in [0.05, 0.1) is 0 Å². The highest BCUT2D eigenvalue weighted by Crippen LogP contribution is 2.25. The smallest absolute Gasteiger partial charge is 0.225 e. The number of piperazine rings is 1. The molecule has 4 heterocycles. The van der Waals surface area contributed by atoms with Gasteiger partial charge in [-0.3, -0.25) is 4.79 Å². The first-order valence-corrected chi connectivity index (χ1v) is 10.5. The maximum Gasteiger partial charge on any atom is 0.225 e. The predicted octanol–water partition coefficient (Wildman–Crippen LogP) is 1.93. The molecule has 1 amide bonds. The van der Waals surface area contributed by atoms with Crippen LogP contribution >= 0.6 is 0 Å². The molecule has 0 saturated carbocycles. The molecule has 0 atom stereocenters. The maximum absolute atomic E-state index is 13.0. The summed E-state index contributed by atoms with van der Waals surface area (Å²) in [6, 6.07) is 4.75. The van der Waals surface area contributed by atoms with Crippen LogP contribution in [0, 0.1) is 12.8 Å². The Balaban J connectivity index is 1.26. The van der Waals surface area contributed by atoms with Crippen molar-refractivity contribution in [2.24, 2.45) is 5.92 Å². The van der Waals surface area contributed by atoms with Crippen LogP contribution in [0.1, 0.15) is 31.2 Å². The number of nitrogens with zero attached hydrogens (tertiary/aromatic N) is 4. The predicted molar refractivity (Wildman–Crippen MR) is 106 cm³/mol. The highest BCUT2D eigenvalue weighted by Gasteiger charge is 2.33. The number of aromatic nitrogens is 1. The van der Waals surface area contributed by atoms with Crippen molar-refractivity contribution in [3.05, 3.63) is 23.9 Å². The second kappa shape index (κ2) is 8.57. The van der Waals surface area contributed by atoms with Gasteiger partial charge >= 0.3 is 0 Å². The molecule has 3 aliphatic rings. The monoisotopic (exact) mass is 372 g/mol. The Hall–Kier alpha value is -1.66. The fourth-order valence-electron chi connectivity index (χ4n) is 4.77. The lowest BCUT2D eigenvalue weighted by molar-refractivity contribution is -0.137. The average molecular weight is 373 g/mol. The van der Waals surface area contributed by atoms with Gasteiger partial charge in [0.25, 0.3) is 0 Å². The second-order valence-electron chi connectivity index (χ2n) is 8.11. The van der Waals surface area contributed by atoms with Crippen molar-refractivity contribution in [1.29, 1.82) is 0 Å². The van der Waals surface area contributed by atoms with Gasteiger partial charge in [0.1, 0.15) is 5.82 Å². The molecule has 0 aliphatic carbocycles. The van der Waals surface area contributed by atoms with Crippen molar-refractivity contribution in [2.45, 2.75) is 38.6 Å². The molecule has 6 nitrogen and oxygen atoms in total. The van der Waals surface area contributed by atoms with E-state index >= 15 is 0 Å². The topological polar surface area (TPSA) is 48.9 Å². The molecule has 1 aromatic rings. The normalized spacial score (nSPS) is 23.6. The number of likely N-dealkylation sites (tertiary alicyclic amines) is 1. The quantitative estimate of drug-likeness (QED) is 0.811. The SMILES string of the molecule is Cc1cccnc1N1CCN(C(=O)C2CCN(C3CCOCC3)CC2)CC1. The van der Waals surface area contributed by atoms with Crippen LogP contribution in [0.4, 0.5) is 5.82 Å². The van der Waals surface area contributed by atoms with E-state index in [0.29, 0.717) is 11.9 Å². The molecule has 3 fully saturated rings. The molecule has 3 saturated heterocycles. The molecule has 0 aromatic carbocycles. The van der Waals surface area contributed by atoms with E-state index in [4.69, 9.17) is 4.74 Å². The number of rotatable bonds is 3. The Bertz CT molecular complexity index is 631. The van der Waals surface area contributed by atoms with E-state index in [1.54, 1.807) is 0 Å². The molecule has 6 heteroatoms. The number of ether oxygens (including phenoxy) is 1. The van der Waals surface area contributed by atoms with Crippen molar-refractivity contribution < 1.29 is 9.53 Å². The van der Waals surface area contributed by atoms with Crippen molar-refractivity contribution in [3.8, 4) is 0 Å². The number of piperidine rings is 1. The van der Waals surface area contributed by atoms with Crippen molar-refractivity contribution >= 4 is 11.7 Å². The highest BCUT2D eigenvalue weighted by atomic mass is 16.5. The summed E-state index contributed by atoms with van der Waals surface area (Å²) in [5, 5.41) is 0. The summed E-state index contributed by atoms with van der Waals surface area (Å²) in [5.41, 5.74) is 1.21. The summed E-state index contributed by atoms with van der Waals surface area (Å²) in [7, 11) is 0. The van der Waals surface area contributed by atoms with Crippen LogP contribution in [-0.2, 0) is 9.53 Å². The Morgan fingerprint density at radius 1 is 1.04 bits per heavy atom. The minimum Gasteiger partial charge on any atom is -0.381 e. The van der Waals surface area contributed by atoms with Crippen molar-refractivity contribution in [2.75, 3.05) is 57.4 Å². The van der Waals surface area contributed by atoms with Crippen LogP contribution in [0.5, 0.6) is 0 Å². The fourth-order valence-corrected chi connectivity index (χ4v) is 4.77. The van der Waals surface area contributed by atoms with Crippen molar-refractivity contribution in [1.82, 2.24) is 14.8 Å². The molecule has 148 valence electrons. The zero-order chi connectivity index (χ0) is 18.6. The van der Waals surface area contributed by atoms with Crippen LogP contribution in [0.15, 0.2) is 18.3 Å². The lowest BCUT2D eigenvalue weighted by Gasteiger charge is -2.41. The average Bonchev–Trinajstić information content (AvgIpc) is 2.74. The Morgan fingerprint density at radius 3 is 2.41 bits per heavy atom. The van der Waals surface area contributed by atoms with Crippen LogP contribution in [-0.4, -0.2) is 79.2 Å². The van der Waals surface area contributed by atoms with Gasteiger partial charge in [0.2, 0.25) is 5.91 Å². The minimum absolute atomic E-state index is 0.212. The number of aryl methyl sites for hydroxylation is 1. The highest BCUT2D eigenvalue weighted by molar-refractivity contribution is 5.79. The lowest BCUT2D eigenvalue weighted by Crippen LogP contribution is -2.52. The fraction of sp³-hybridized carbons (Fsp3) is 0.714. The van der Waals surface area contributed by atoms with Gasteiger partial charge in [0.15, 0.2) is 0 Å². The van der Waals surface area contributed by atoms with Gasteiger partial charge in [-0.25, -0.2) is 4.98 Å². The third kappa shape index (κ3) is 4.27.